The third-order valence-corrected chi connectivity index (χ3v) is 5.88. The second-order valence-corrected chi connectivity index (χ2v) is 7.53. The van der Waals surface area contributed by atoms with E-state index in [0.717, 1.165) is 24.9 Å². The third-order valence-electron chi connectivity index (χ3n) is 3.91. The molecule has 0 saturated carbocycles. The second kappa shape index (κ2) is 7.35. The predicted molar refractivity (Wildman–Crippen MR) is 85.1 cm³/mol. The van der Waals surface area contributed by atoms with Gasteiger partial charge in [0.1, 0.15) is 0 Å². The Bertz CT molecular complexity index is 527. The van der Waals surface area contributed by atoms with Crippen molar-refractivity contribution in [3.63, 3.8) is 0 Å². The van der Waals surface area contributed by atoms with E-state index in [9.17, 15) is 8.42 Å². The molecule has 1 fully saturated rings. The van der Waals surface area contributed by atoms with E-state index in [4.69, 9.17) is 0 Å². The molecule has 0 spiro atoms. The van der Waals surface area contributed by atoms with E-state index in [2.05, 4.69) is 5.32 Å². The first kappa shape index (κ1) is 16.4. The molecule has 5 nitrogen and oxygen atoms in total. The Morgan fingerprint density at radius 3 is 2.57 bits per heavy atom. The molecule has 0 bridgehead atoms. The highest BCUT2D eigenvalue weighted by Gasteiger charge is 2.28. The number of hydrogen-bond acceptors (Lipinski definition) is 3. The van der Waals surface area contributed by atoms with Crippen LogP contribution in [0.3, 0.4) is 0 Å². The number of rotatable bonds is 7. The molecule has 0 amide bonds. The van der Waals surface area contributed by atoms with Crippen LogP contribution in [0.5, 0.6) is 0 Å². The molecule has 0 radical (unpaired) electrons. The Labute approximate surface area is 128 Å². The number of hydrogen-bond donors (Lipinski definition) is 1. The van der Waals surface area contributed by atoms with Gasteiger partial charge in [-0.15, -0.1) is 0 Å². The SMILES string of the molecule is CCN(CC1CCCN1)S(=O)(=O)N(C)Cc1ccccc1. The van der Waals surface area contributed by atoms with Crippen LogP contribution in [0.1, 0.15) is 25.3 Å². The molecule has 1 saturated heterocycles. The summed E-state index contributed by atoms with van der Waals surface area (Å²) in [6, 6.07) is 9.96. The van der Waals surface area contributed by atoms with E-state index in [-0.39, 0.29) is 6.04 Å². The summed E-state index contributed by atoms with van der Waals surface area (Å²) < 4.78 is 28.4. The monoisotopic (exact) mass is 311 g/mol. The van der Waals surface area contributed by atoms with Crippen LogP contribution in [-0.2, 0) is 16.8 Å². The Morgan fingerprint density at radius 1 is 1.29 bits per heavy atom. The molecule has 118 valence electrons. The maximum absolute atomic E-state index is 12.7. The van der Waals surface area contributed by atoms with Gasteiger partial charge in [0.25, 0.3) is 10.2 Å². The topological polar surface area (TPSA) is 52.7 Å². The summed E-state index contributed by atoms with van der Waals surface area (Å²) in [5.74, 6) is 0. The molecular weight excluding hydrogens is 286 g/mol. The minimum Gasteiger partial charge on any atom is -0.313 e. The van der Waals surface area contributed by atoms with Crippen molar-refractivity contribution in [2.24, 2.45) is 0 Å². The molecule has 2 rings (SSSR count). The molecule has 6 heteroatoms. The van der Waals surface area contributed by atoms with E-state index in [1.54, 1.807) is 11.4 Å². The van der Waals surface area contributed by atoms with Crippen LogP contribution in [-0.4, -0.2) is 49.8 Å². The van der Waals surface area contributed by atoms with Crippen molar-refractivity contribution in [1.29, 1.82) is 0 Å². The van der Waals surface area contributed by atoms with Crippen LogP contribution < -0.4 is 5.32 Å². The smallest absolute Gasteiger partial charge is 0.282 e. The molecule has 1 unspecified atom stereocenters. The molecule has 1 N–H and O–H groups in total. The van der Waals surface area contributed by atoms with Gasteiger partial charge in [-0.1, -0.05) is 37.3 Å². The zero-order valence-electron chi connectivity index (χ0n) is 12.8. The molecule has 0 aliphatic carbocycles. The lowest BCUT2D eigenvalue weighted by Gasteiger charge is -2.28. The number of likely N-dealkylation sites (N-methyl/N-ethyl adjacent to an activating group) is 1. The quantitative estimate of drug-likeness (QED) is 0.829. The summed E-state index contributed by atoms with van der Waals surface area (Å²) in [6.07, 6.45) is 2.18. The van der Waals surface area contributed by atoms with Crippen LogP contribution in [0.25, 0.3) is 0 Å². The molecule has 1 heterocycles. The van der Waals surface area contributed by atoms with Gasteiger partial charge in [0.2, 0.25) is 0 Å². The Balaban J connectivity index is 2.03. The molecule has 1 aromatic carbocycles. The van der Waals surface area contributed by atoms with Crippen LogP contribution in [0, 0.1) is 0 Å². The van der Waals surface area contributed by atoms with Gasteiger partial charge in [0.15, 0.2) is 0 Å². The Hall–Kier alpha value is -0.950. The standard InChI is InChI=1S/C15H25N3O2S/c1-3-18(13-15-10-7-11-16-15)21(19,20)17(2)12-14-8-5-4-6-9-14/h4-6,8-9,15-16H,3,7,10-13H2,1-2H3. The van der Waals surface area contributed by atoms with E-state index in [0.29, 0.717) is 19.6 Å². The van der Waals surface area contributed by atoms with Gasteiger partial charge < -0.3 is 5.32 Å². The summed E-state index contributed by atoms with van der Waals surface area (Å²) in [4.78, 5) is 0. The molecule has 1 atom stereocenters. The second-order valence-electron chi connectivity index (χ2n) is 5.49. The highest BCUT2D eigenvalue weighted by atomic mass is 32.2. The Kier molecular flexibility index (Phi) is 5.75. The van der Waals surface area contributed by atoms with Crippen LogP contribution >= 0.6 is 0 Å². The van der Waals surface area contributed by atoms with E-state index < -0.39 is 10.2 Å². The summed E-state index contributed by atoms with van der Waals surface area (Å²) >= 11 is 0. The highest BCUT2D eigenvalue weighted by molar-refractivity contribution is 7.86. The normalized spacial score (nSPS) is 19.5. The predicted octanol–water partition coefficient (Wildman–Crippen LogP) is 1.44. The highest BCUT2D eigenvalue weighted by Crippen LogP contribution is 2.14. The molecule has 1 aliphatic rings. The maximum atomic E-state index is 12.7. The van der Waals surface area contributed by atoms with Crippen molar-refractivity contribution in [3.8, 4) is 0 Å². The van der Waals surface area contributed by atoms with Crippen molar-refractivity contribution < 1.29 is 8.42 Å². The molecular formula is C15H25N3O2S. The average Bonchev–Trinajstić information content (AvgIpc) is 2.98. The number of nitrogens with zero attached hydrogens (tertiary/aromatic N) is 2. The van der Waals surface area contributed by atoms with Crippen molar-refractivity contribution in [2.45, 2.75) is 32.4 Å². The lowest BCUT2D eigenvalue weighted by atomic mass is 10.2. The van der Waals surface area contributed by atoms with Crippen molar-refractivity contribution >= 4 is 10.2 Å². The van der Waals surface area contributed by atoms with Crippen molar-refractivity contribution in [1.82, 2.24) is 13.9 Å². The molecule has 0 aromatic heterocycles. The first-order valence-electron chi connectivity index (χ1n) is 7.52. The van der Waals surface area contributed by atoms with Crippen LogP contribution in [0.4, 0.5) is 0 Å². The summed E-state index contributed by atoms with van der Waals surface area (Å²) in [6.45, 7) is 4.33. The van der Waals surface area contributed by atoms with Gasteiger partial charge in [0.05, 0.1) is 0 Å². The van der Waals surface area contributed by atoms with Crippen molar-refractivity contribution in [3.05, 3.63) is 35.9 Å². The van der Waals surface area contributed by atoms with E-state index >= 15 is 0 Å². The van der Waals surface area contributed by atoms with Gasteiger partial charge in [-0.3, -0.25) is 0 Å². The summed E-state index contributed by atoms with van der Waals surface area (Å²) in [5, 5.41) is 3.36. The number of benzene rings is 1. The number of nitrogens with one attached hydrogen (secondary N) is 1. The van der Waals surface area contributed by atoms with E-state index in [1.165, 1.54) is 4.31 Å². The lowest BCUT2D eigenvalue weighted by molar-refractivity contribution is 0.341. The van der Waals surface area contributed by atoms with Crippen molar-refractivity contribution in [2.75, 3.05) is 26.7 Å². The van der Waals surface area contributed by atoms with Crippen LogP contribution in [0.2, 0.25) is 0 Å². The summed E-state index contributed by atoms with van der Waals surface area (Å²) in [5.41, 5.74) is 0.999. The van der Waals surface area contributed by atoms with Crippen LogP contribution in [0.15, 0.2) is 30.3 Å². The fourth-order valence-electron chi connectivity index (χ4n) is 2.66. The maximum Gasteiger partial charge on any atom is 0.282 e. The minimum absolute atomic E-state index is 0.282. The average molecular weight is 311 g/mol. The van der Waals surface area contributed by atoms with Gasteiger partial charge in [-0.05, 0) is 24.9 Å². The van der Waals surface area contributed by atoms with Gasteiger partial charge in [-0.25, -0.2) is 0 Å². The van der Waals surface area contributed by atoms with Gasteiger partial charge in [-0.2, -0.15) is 17.0 Å². The fourth-order valence-corrected chi connectivity index (χ4v) is 4.07. The fraction of sp³-hybridized carbons (Fsp3) is 0.600. The molecule has 1 aliphatic heterocycles. The lowest BCUT2D eigenvalue weighted by Crippen LogP contribution is -2.46. The molecule has 21 heavy (non-hydrogen) atoms. The Morgan fingerprint density at radius 2 is 2.00 bits per heavy atom. The zero-order chi connectivity index (χ0) is 15.3. The minimum atomic E-state index is -3.41. The molecule has 1 aromatic rings. The zero-order valence-corrected chi connectivity index (χ0v) is 13.6. The first-order chi connectivity index (χ1) is 10.0. The largest absolute Gasteiger partial charge is 0.313 e. The first-order valence-corrected chi connectivity index (χ1v) is 8.92. The third kappa shape index (κ3) is 4.26. The van der Waals surface area contributed by atoms with Gasteiger partial charge >= 0.3 is 0 Å². The van der Waals surface area contributed by atoms with E-state index in [1.807, 2.05) is 37.3 Å². The summed E-state index contributed by atoms with van der Waals surface area (Å²) in [7, 11) is -1.76. The van der Waals surface area contributed by atoms with Gasteiger partial charge in [0, 0.05) is 32.7 Å².